The Labute approximate surface area is 111 Å². The number of methoxy groups -OCH3 is 1. The minimum Gasteiger partial charge on any atom is -0.467 e. The summed E-state index contributed by atoms with van der Waals surface area (Å²) in [6, 6.07) is 9.27. The van der Waals surface area contributed by atoms with Crippen LogP contribution in [0.15, 0.2) is 42.7 Å². The summed E-state index contributed by atoms with van der Waals surface area (Å²) in [5, 5.41) is 2.97. The Morgan fingerprint density at radius 1 is 1.21 bits per heavy atom. The highest BCUT2D eigenvalue weighted by molar-refractivity contribution is 5.78. The number of ether oxygens (including phenoxy) is 1. The predicted molar refractivity (Wildman–Crippen MR) is 72.6 cm³/mol. The van der Waals surface area contributed by atoms with Gasteiger partial charge in [-0.1, -0.05) is 30.3 Å². The van der Waals surface area contributed by atoms with Gasteiger partial charge in [-0.25, -0.2) is 14.8 Å². The molecule has 0 bridgehead atoms. The Morgan fingerprint density at radius 3 is 2.42 bits per heavy atom. The number of nitrogens with zero attached hydrogens (tertiary/aromatic N) is 2. The standard InChI is InChI=1S/C14H15N3O2/c1-10(14(18)19-2)17-12-8-15-13(16-9-12)11-6-4-3-5-7-11/h3-10,17H,1-2H3. The molecule has 0 aliphatic carbocycles. The maximum absolute atomic E-state index is 11.3. The first-order chi connectivity index (χ1) is 9.20. The highest BCUT2D eigenvalue weighted by atomic mass is 16.5. The molecule has 1 unspecified atom stereocenters. The smallest absolute Gasteiger partial charge is 0.327 e. The summed E-state index contributed by atoms with van der Waals surface area (Å²) in [4.78, 5) is 19.8. The number of aromatic nitrogens is 2. The van der Waals surface area contributed by atoms with Crippen molar-refractivity contribution in [3.63, 3.8) is 0 Å². The van der Waals surface area contributed by atoms with Gasteiger partial charge >= 0.3 is 5.97 Å². The van der Waals surface area contributed by atoms with E-state index in [1.54, 1.807) is 19.3 Å². The number of carbonyl (C=O) groups is 1. The Balaban J connectivity index is 2.09. The van der Waals surface area contributed by atoms with Crippen LogP contribution in [-0.2, 0) is 9.53 Å². The monoisotopic (exact) mass is 257 g/mol. The van der Waals surface area contributed by atoms with Gasteiger partial charge in [-0.3, -0.25) is 0 Å². The first kappa shape index (κ1) is 13.0. The summed E-state index contributed by atoms with van der Waals surface area (Å²) in [7, 11) is 1.36. The Bertz CT molecular complexity index is 540. The Morgan fingerprint density at radius 2 is 1.84 bits per heavy atom. The second kappa shape index (κ2) is 5.95. The Hall–Kier alpha value is -2.43. The van der Waals surface area contributed by atoms with Crippen LogP contribution in [0.5, 0.6) is 0 Å². The molecule has 0 saturated carbocycles. The molecule has 0 spiro atoms. The predicted octanol–water partition coefficient (Wildman–Crippen LogP) is 2.12. The van der Waals surface area contributed by atoms with Crippen LogP contribution < -0.4 is 5.32 Å². The molecular formula is C14H15N3O2. The van der Waals surface area contributed by atoms with Gasteiger partial charge in [0.1, 0.15) is 6.04 Å². The second-order valence-corrected chi connectivity index (χ2v) is 4.05. The van der Waals surface area contributed by atoms with E-state index in [1.165, 1.54) is 7.11 Å². The third kappa shape index (κ3) is 3.28. The van der Waals surface area contributed by atoms with E-state index in [0.717, 1.165) is 5.56 Å². The zero-order valence-electron chi connectivity index (χ0n) is 10.8. The van der Waals surface area contributed by atoms with E-state index in [1.807, 2.05) is 30.3 Å². The van der Waals surface area contributed by atoms with Crippen LogP contribution in [-0.4, -0.2) is 29.1 Å². The highest BCUT2D eigenvalue weighted by Crippen LogP contribution is 2.15. The summed E-state index contributed by atoms with van der Waals surface area (Å²) in [5.74, 6) is 0.323. The first-order valence-electron chi connectivity index (χ1n) is 5.92. The van der Waals surface area contributed by atoms with Crippen molar-refractivity contribution < 1.29 is 9.53 Å². The molecule has 1 atom stereocenters. The van der Waals surface area contributed by atoms with Gasteiger partial charge in [0.15, 0.2) is 5.82 Å². The lowest BCUT2D eigenvalue weighted by Crippen LogP contribution is -2.27. The molecule has 1 aromatic carbocycles. The number of nitrogens with one attached hydrogen (secondary N) is 1. The summed E-state index contributed by atoms with van der Waals surface area (Å²) < 4.78 is 4.63. The number of hydrogen-bond acceptors (Lipinski definition) is 5. The number of esters is 1. The van der Waals surface area contributed by atoms with Crippen molar-refractivity contribution in [2.24, 2.45) is 0 Å². The summed E-state index contributed by atoms with van der Waals surface area (Å²) in [6.45, 7) is 1.72. The molecule has 0 amide bonds. The van der Waals surface area contributed by atoms with Crippen LogP contribution in [0.25, 0.3) is 11.4 Å². The van der Waals surface area contributed by atoms with Crippen LogP contribution in [0.3, 0.4) is 0 Å². The molecule has 1 heterocycles. The maximum atomic E-state index is 11.3. The number of carbonyl (C=O) groups excluding carboxylic acids is 1. The lowest BCUT2D eigenvalue weighted by atomic mass is 10.2. The molecule has 2 aromatic rings. The normalized spacial score (nSPS) is 11.7. The van der Waals surface area contributed by atoms with Gasteiger partial charge in [0.25, 0.3) is 0 Å². The van der Waals surface area contributed by atoms with Gasteiger partial charge in [-0.05, 0) is 6.92 Å². The first-order valence-corrected chi connectivity index (χ1v) is 5.92. The summed E-state index contributed by atoms with van der Waals surface area (Å²) in [6.07, 6.45) is 3.30. The number of benzene rings is 1. The van der Waals surface area contributed by atoms with E-state index < -0.39 is 6.04 Å². The van der Waals surface area contributed by atoms with E-state index in [2.05, 4.69) is 20.0 Å². The average Bonchev–Trinajstić information content (AvgIpc) is 2.48. The van der Waals surface area contributed by atoms with Crippen molar-refractivity contribution in [1.29, 1.82) is 0 Å². The van der Waals surface area contributed by atoms with Crippen molar-refractivity contribution in [2.45, 2.75) is 13.0 Å². The number of hydrogen-bond donors (Lipinski definition) is 1. The quantitative estimate of drug-likeness (QED) is 0.850. The van der Waals surface area contributed by atoms with Gasteiger partial charge < -0.3 is 10.1 Å². The van der Waals surface area contributed by atoms with Crippen LogP contribution in [0.4, 0.5) is 5.69 Å². The molecular weight excluding hydrogens is 242 g/mol. The number of anilines is 1. The molecule has 1 N–H and O–H groups in total. The molecule has 1 aromatic heterocycles. The average molecular weight is 257 g/mol. The summed E-state index contributed by atoms with van der Waals surface area (Å²) >= 11 is 0. The van der Waals surface area contributed by atoms with E-state index in [9.17, 15) is 4.79 Å². The third-order valence-electron chi connectivity index (χ3n) is 2.62. The van der Waals surface area contributed by atoms with Crippen molar-refractivity contribution in [3.05, 3.63) is 42.7 Å². The maximum Gasteiger partial charge on any atom is 0.327 e. The van der Waals surface area contributed by atoms with E-state index in [4.69, 9.17) is 0 Å². The van der Waals surface area contributed by atoms with Gasteiger partial charge in [-0.15, -0.1) is 0 Å². The molecule has 98 valence electrons. The molecule has 0 aliphatic rings. The van der Waals surface area contributed by atoms with Crippen LogP contribution in [0.2, 0.25) is 0 Å². The van der Waals surface area contributed by atoms with Gasteiger partial charge in [0.2, 0.25) is 0 Å². The fourth-order valence-electron chi connectivity index (χ4n) is 1.62. The zero-order chi connectivity index (χ0) is 13.7. The molecule has 0 saturated heterocycles. The van der Waals surface area contributed by atoms with E-state index >= 15 is 0 Å². The summed E-state index contributed by atoms with van der Waals surface area (Å²) in [5.41, 5.74) is 1.63. The molecule has 0 aliphatic heterocycles. The van der Waals surface area contributed by atoms with Crippen molar-refractivity contribution in [3.8, 4) is 11.4 Å². The van der Waals surface area contributed by atoms with E-state index in [0.29, 0.717) is 11.5 Å². The van der Waals surface area contributed by atoms with Crippen molar-refractivity contribution >= 4 is 11.7 Å². The Kier molecular flexibility index (Phi) is 4.07. The highest BCUT2D eigenvalue weighted by Gasteiger charge is 2.12. The van der Waals surface area contributed by atoms with Crippen molar-refractivity contribution in [2.75, 3.05) is 12.4 Å². The number of rotatable bonds is 4. The molecule has 19 heavy (non-hydrogen) atoms. The molecule has 0 radical (unpaired) electrons. The van der Waals surface area contributed by atoms with Gasteiger partial charge in [0.05, 0.1) is 25.2 Å². The van der Waals surface area contributed by atoms with Crippen LogP contribution >= 0.6 is 0 Å². The van der Waals surface area contributed by atoms with Crippen LogP contribution in [0.1, 0.15) is 6.92 Å². The lowest BCUT2D eigenvalue weighted by molar-refractivity contribution is -0.141. The zero-order valence-corrected chi connectivity index (χ0v) is 10.8. The molecule has 2 rings (SSSR count). The SMILES string of the molecule is COC(=O)C(C)Nc1cnc(-c2ccccc2)nc1. The van der Waals surface area contributed by atoms with Gasteiger partial charge in [-0.2, -0.15) is 0 Å². The molecule has 5 nitrogen and oxygen atoms in total. The van der Waals surface area contributed by atoms with Gasteiger partial charge in [0, 0.05) is 5.56 Å². The van der Waals surface area contributed by atoms with E-state index in [-0.39, 0.29) is 5.97 Å². The van der Waals surface area contributed by atoms with Crippen molar-refractivity contribution in [1.82, 2.24) is 9.97 Å². The fourth-order valence-corrected chi connectivity index (χ4v) is 1.62. The largest absolute Gasteiger partial charge is 0.467 e. The minimum absolute atomic E-state index is 0.327. The third-order valence-corrected chi connectivity index (χ3v) is 2.62. The molecule has 0 fully saturated rings. The second-order valence-electron chi connectivity index (χ2n) is 4.05. The fraction of sp³-hybridized carbons (Fsp3) is 0.214. The topological polar surface area (TPSA) is 64.1 Å². The van der Waals surface area contributed by atoms with Crippen LogP contribution in [0, 0.1) is 0 Å². The minimum atomic E-state index is -0.434. The molecule has 5 heteroatoms. The lowest BCUT2D eigenvalue weighted by Gasteiger charge is -2.12.